The molecule has 6 heteroatoms. The van der Waals surface area contributed by atoms with Crippen LogP contribution in [0.25, 0.3) is 0 Å². The molecule has 1 heterocycles. The number of nitrogens with one attached hydrogen (secondary N) is 1. The normalized spacial score (nSPS) is 11.0. The van der Waals surface area contributed by atoms with Gasteiger partial charge in [0.1, 0.15) is 28.8 Å². The Morgan fingerprint density at radius 2 is 1.96 bits per heavy atom. The molecule has 0 radical (unpaired) electrons. The van der Waals surface area contributed by atoms with Gasteiger partial charge in [-0.05, 0) is 26.3 Å². The summed E-state index contributed by atoms with van der Waals surface area (Å²) in [4.78, 5) is 15.8. The van der Waals surface area contributed by atoms with E-state index in [0.717, 1.165) is 5.56 Å². The Morgan fingerprint density at radius 1 is 1.26 bits per heavy atom. The van der Waals surface area contributed by atoms with Crippen LogP contribution in [-0.2, 0) is 11.3 Å². The summed E-state index contributed by atoms with van der Waals surface area (Å²) in [7, 11) is 0. The molecule has 0 unspecified atom stereocenters. The number of hydrogen-bond acceptors (Lipinski definition) is 4. The minimum atomic E-state index is -0.588. The Morgan fingerprint density at radius 3 is 2.61 bits per heavy atom. The summed E-state index contributed by atoms with van der Waals surface area (Å²) >= 11 is 5.91. The fourth-order valence-corrected chi connectivity index (χ4v) is 1.92. The number of pyridine rings is 1. The van der Waals surface area contributed by atoms with Crippen LogP contribution in [-0.4, -0.2) is 16.7 Å². The van der Waals surface area contributed by atoms with Crippen LogP contribution in [0.3, 0.4) is 0 Å². The first-order chi connectivity index (χ1) is 10.8. The van der Waals surface area contributed by atoms with Crippen LogP contribution < -0.4 is 10.1 Å². The molecule has 23 heavy (non-hydrogen) atoms. The van der Waals surface area contributed by atoms with Crippen molar-refractivity contribution < 1.29 is 14.3 Å². The Kier molecular flexibility index (Phi) is 5.45. The first kappa shape index (κ1) is 17.1. The molecule has 0 atom stereocenters. The lowest BCUT2D eigenvalue weighted by atomic mass is 10.2. The van der Waals surface area contributed by atoms with Gasteiger partial charge in [0.25, 0.3) is 0 Å². The van der Waals surface area contributed by atoms with Gasteiger partial charge in [-0.25, -0.2) is 9.78 Å². The predicted molar refractivity (Wildman–Crippen MR) is 89.9 cm³/mol. The third kappa shape index (κ3) is 5.79. The SMILES string of the molecule is CC(C)(C)OC(=O)Nc1cnc(Cl)cc1OCc1ccccc1. The highest BCUT2D eigenvalue weighted by atomic mass is 35.5. The minimum absolute atomic E-state index is 0.280. The molecule has 0 aliphatic carbocycles. The first-order valence-corrected chi connectivity index (χ1v) is 7.53. The summed E-state index contributed by atoms with van der Waals surface area (Å²) in [5.74, 6) is 0.430. The van der Waals surface area contributed by atoms with Crippen LogP contribution >= 0.6 is 11.6 Å². The molecule has 0 aliphatic rings. The largest absolute Gasteiger partial charge is 0.487 e. The molecular formula is C17H19ClN2O3. The highest BCUT2D eigenvalue weighted by molar-refractivity contribution is 6.29. The molecule has 1 amide bonds. The number of halogens is 1. The Labute approximate surface area is 140 Å². The fourth-order valence-electron chi connectivity index (χ4n) is 1.78. The van der Waals surface area contributed by atoms with Gasteiger partial charge in [0.05, 0.1) is 6.20 Å². The lowest BCUT2D eigenvalue weighted by molar-refractivity contribution is 0.0635. The number of rotatable bonds is 4. The van der Waals surface area contributed by atoms with Crippen LogP contribution in [0.4, 0.5) is 10.5 Å². The van der Waals surface area contributed by atoms with Gasteiger partial charge in [0.15, 0.2) is 0 Å². The lowest BCUT2D eigenvalue weighted by Crippen LogP contribution is -2.27. The standard InChI is InChI=1S/C17H19ClN2O3/c1-17(2,3)23-16(21)20-13-10-19-15(18)9-14(13)22-11-12-7-5-4-6-8-12/h4-10H,11H2,1-3H3,(H,20,21). The molecule has 0 spiro atoms. The molecule has 0 saturated carbocycles. The predicted octanol–water partition coefficient (Wildman–Crippen LogP) is 4.66. The average Bonchev–Trinajstić information content (AvgIpc) is 2.46. The monoisotopic (exact) mass is 334 g/mol. The van der Waals surface area contributed by atoms with E-state index in [2.05, 4.69) is 10.3 Å². The van der Waals surface area contributed by atoms with E-state index in [1.165, 1.54) is 6.20 Å². The smallest absolute Gasteiger partial charge is 0.412 e. The van der Waals surface area contributed by atoms with Gasteiger partial charge in [0, 0.05) is 6.07 Å². The van der Waals surface area contributed by atoms with Crippen molar-refractivity contribution in [2.24, 2.45) is 0 Å². The van der Waals surface area contributed by atoms with Crippen molar-refractivity contribution in [2.75, 3.05) is 5.32 Å². The number of anilines is 1. The van der Waals surface area contributed by atoms with E-state index in [0.29, 0.717) is 18.0 Å². The maximum absolute atomic E-state index is 11.9. The van der Waals surface area contributed by atoms with E-state index in [4.69, 9.17) is 21.1 Å². The van der Waals surface area contributed by atoms with Gasteiger partial charge >= 0.3 is 6.09 Å². The van der Waals surface area contributed by atoms with Crippen molar-refractivity contribution in [2.45, 2.75) is 33.0 Å². The summed E-state index contributed by atoms with van der Waals surface area (Å²) in [5, 5.41) is 2.90. The quantitative estimate of drug-likeness (QED) is 0.826. The molecule has 2 rings (SSSR count). The maximum atomic E-state index is 11.9. The Hall–Kier alpha value is -2.27. The average molecular weight is 335 g/mol. The highest BCUT2D eigenvalue weighted by Crippen LogP contribution is 2.27. The molecule has 122 valence electrons. The minimum Gasteiger partial charge on any atom is -0.487 e. The zero-order valence-electron chi connectivity index (χ0n) is 13.3. The summed E-state index contributed by atoms with van der Waals surface area (Å²) in [6.07, 6.45) is 0.859. The highest BCUT2D eigenvalue weighted by Gasteiger charge is 2.18. The number of ether oxygens (including phenoxy) is 2. The summed E-state index contributed by atoms with van der Waals surface area (Å²) in [6.45, 7) is 5.72. The van der Waals surface area contributed by atoms with Crippen LogP contribution in [0.15, 0.2) is 42.6 Å². The second-order valence-electron chi connectivity index (χ2n) is 5.90. The lowest BCUT2D eigenvalue weighted by Gasteiger charge is -2.20. The van der Waals surface area contributed by atoms with Crippen molar-refractivity contribution in [3.8, 4) is 5.75 Å². The third-order valence-corrected chi connectivity index (χ3v) is 2.91. The van der Waals surface area contributed by atoms with Crippen LogP contribution in [0.2, 0.25) is 5.15 Å². The van der Waals surface area contributed by atoms with Crippen molar-refractivity contribution >= 4 is 23.4 Å². The number of carbonyl (C=O) groups is 1. The van der Waals surface area contributed by atoms with E-state index in [1.807, 2.05) is 30.3 Å². The summed E-state index contributed by atoms with van der Waals surface area (Å²) < 4.78 is 11.0. The summed E-state index contributed by atoms with van der Waals surface area (Å²) in [6, 6.07) is 11.2. The Bertz CT molecular complexity index is 669. The van der Waals surface area contributed by atoms with Crippen molar-refractivity contribution in [1.82, 2.24) is 4.98 Å². The second kappa shape index (κ2) is 7.33. The molecule has 0 saturated heterocycles. The number of nitrogens with zero attached hydrogens (tertiary/aromatic N) is 1. The van der Waals surface area contributed by atoms with E-state index in [9.17, 15) is 4.79 Å². The number of amides is 1. The molecule has 5 nitrogen and oxygen atoms in total. The molecule has 0 bridgehead atoms. The maximum Gasteiger partial charge on any atom is 0.412 e. The number of carbonyl (C=O) groups excluding carboxylic acids is 1. The molecule has 2 aromatic rings. The fraction of sp³-hybridized carbons (Fsp3) is 0.294. The second-order valence-corrected chi connectivity index (χ2v) is 6.29. The zero-order valence-corrected chi connectivity index (χ0v) is 14.1. The zero-order chi connectivity index (χ0) is 16.9. The number of benzene rings is 1. The van der Waals surface area contributed by atoms with E-state index >= 15 is 0 Å². The van der Waals surface area contributed by atoms with E-state index in [1.54, 1.807) is 26.8 Å². The van der Waals surface area contributed by atoms with Crippen molar-refractivity contribution in [3.05, 3.63) is 53.3 Å². The van der Waals surface area contributed by atoms with Crippen LogP contribution in [0.1, 0.15) is 26.3 Å². The van der Waals surface area contributed by atoms with E-state index < -0.39 is 11.7 Å². The van der Waals surface area contributed by atoms with Gasteiger partial charge in [-0.3, -0.25) is 5.32 Å². The molecular weight excluding hydrogens is 316 g/mol. The van der Waals surface area contributed by atoms with Gasteiger partial charge in [-0.1, -0.05) is 41.9 Å². The number of hydrogen-bond donors (Lipinski definition) is 1. The third-order valence-electron chi connectivity index (χ3n) is 2.71. The first-order valence-electron chi connectivity index (χ1n) is 7.16. The Balaban J connectivity index is 2.09. The van der Waals surface area contributed by atoms with Crippen molar-refractivity contribution in [1.29, 1.82) is 0 Å². The molecule has 1 aromatic heterocycles. The van der Waals surface area contributed by atoms with Crippen LogP contribution in [0, 0.1) is 0 Å². The topological polar surface area (TPSA) is 60.5 Å². The van der Waals surface area contributed by atoms with Gasteiger partial charge in [0.2, 0.25) is 0 Å². The van der Waals surface area contributed by atoms with Gasteiger partial charge < -0.3 is 9.47 Å². The van der Waals surface area contributed by atoms with E-state index in [-0.39, 0.29) is 5.15 Å². The molecule has 1 aromatic carbocycles. The van der Waals surface area contributed by atoms with Crippen molar-refractivity contribution in [3.63, 3.8) is 0 Å². The van der Waals surface area contributed by atoms with Crippen LogP contribution in [0.5, 0.6) is 5.75 Å². The number of aromatic nitrogens is 1. The molecule has 0 aliphatic heterocycles. The van der Waals surface area contributed by atoms with Gasteiger partial charge in [-0.15, -0.1) is 0 Å². The summed E-state index contributed by atoms with van der Waals surface area (Å²) in [5.41, 5.74) is 0.817. The van der Waals surface area contributed by atoms with Gasteiger partial charge in [-0.2, -0.15) is 0 Å². The molecule has 1 N–H and O–H groups in total. The molecule has 0 fully saturated rings.